The van der Waals surface area contributed by atoms with Gasteiger partial charge in [0.25, 0.3) is 5.56 Å². The highest BCUT2D eigenvalue weighted by molar-refractivity contribution is 7.94. The van der Waals surface area contributed by atoms with E-state index < -0.39 is 15.6 Å². The molecule has 3 aromatic rings. The third-order valence-electron chi connectivity index (χ3n) is 5.64. The highest BCUT2D eigenvalue weighted by atomic mass is 32.2. The standard InChI is InChI=1S/C20H25FN6O3S2/c1-4-5-15-17-18(26(3)24-15)20(28)23-19(22-17)14-12-13(6-7-16(14)31-21)32(29,30)27-10-8-25(2)9-11-27/h6-7,12H,4-5,8-11H2,1-3H3,(H,22,23,28). The van der Waals surface area contributed by atoms with Gasteiger partial charge in [-0.2, -0.15) is 13.3 Å². The van der Waals surface area contributed by atoms with Crippen LogP contribution in [-0.4, -0.2) is 70.6 Å². The molecule has 2 aromatic heterocycles. The molecule has 1 fully saturated rings. The number of fused-ring (bicyclic) bond motifs is 1. The molecule has 0 spiro atoms. The number of nitrogens with one attached hydrogen (secondary N) is 1. The van der Waals surface area contributed by atoms with Gasteiger partial charge in [0.1, 0.15) is 11.3 Å². The maximum Gasteiger partial charge on any atom is 0.277 e. The summed E-state index contributed by atoms with van der Waals surface area (Å²) in [6, 6.07) is 4.18. The first-order valence-corrected chi connectivity index (χ1v) is 12.5. The monoisotopic (exact) mass is 480 g/mol. The fourth-order valence-corrected chi connectivity index (χ4v) is 5.69. The number of aryl methyl sites for hydroxylation is 2. The summed E-state index contributed by atoms with van der Waals surface area (Å²) in [5, 5.41) is 4.39. The normalized spacial score (nSPS) is 16.1. The first-order valence-electron chi connectivity index (χ1n) is 10.3. The van der Waals surface area contributed by atoms with Crippen LogP contribution in [0.25, 0.3) is 22.4 Å². The summed E-state index contributed by atoms with van der Waals surface area (Å²) in [6.07, 6.45) is 1.45. The first kappa shape index (κ1) is 22.9. The third-order valence-corrected chi connectivity index (χ3v) is 8.06. The summed E-state index contributed by atoms with van der Waals surface area (Å²) in [5.74, 6) is 0.114. The fourth-order valence-electron chi connectivity index (χ4n) is 3.88. The summed E-state index contributed by atoms with van der Waals surface area (Å²) in [6.45, 7) is 4.03. The van der Waals surface area contributed by atoms with Crippen LogP contribution < -0.4 is 5.56 Å². The highest BCUT2D eigenvalue weighted by Gasteiger charge is 2.28. The van der Waals surface area contributed by atoms with Crippen LogP contribution in [0.5, 0.6) is 0 Å². The van der Waals surface area contributed by atoms with E-state index in [2.05, 4.69) is 20.0 Å². The topological polar surface area (TPSA) is 104 Å². The van der Waals surface area contributed by atoms with Gasteiger partial charge < -0.3 is 9.88 Å². The molecule has 4 rings (SSSR count). The van der Waals surface area contributed by atoms with Crippen LogP contribution in [-0.2, 0) is 23.5 Å². The number of hydrogen-bond donors (Lipinski definition) is 1. The summed E-state index contributed by atoms with van der Waals surface area (Å²) in [4.78, 5) is 22.3. The van der Waals surface area contributed by atoms with Gasteiger partial charge >= 0.3 is 0 Å². The third kappa shape index (κ3) is 4.07. The number of rotatable bonds is 6. The molecule has 32 heavy (non-hydrogen) atoms. The van der Waals surface area contributed by atoms with Crippen LogP contribution in [0.2, 0.25) is 0 Å². The minimum atomic E-state index is -3.77. The Morgan fingerprint density at radius 3 is 2.56 bits per heavy atom. The smallest absolute Gasteiger partial charge is 0.277 e. The molecule has 9 nitrogen and oxygen atoms in total. The Morgan fingerprint density at radius 2 is 1.91 bits per heavy atom. The van der Waals surface area contributed by atoms with E-state index in [-0.39, 0.29) is 33.3 Å². The Bertz CT molecular complexity index is 1310. The number of H-pyrrole nitrogens is 1. The van der Waals surface area contributed by atoms with Crippen molar-refractivity contribution in [1.29, 1.82) is 0 Å². The number of nitrogens with zero attached hydrogens (tertiary/aromatic N) is 5. The molecule has 0 bridgehead atoms. The largest absolute Gasteiger partial charge is 0.305 e. The summed E-state index contributed by atoms with van der Waals surface area (Å²) in [7, 11) is -0.154. The Hall–Kier alpha value is -2.28. The summed E-state index contributed by atoms with van der Waals surface area (Å²) < 4.78 is 43.0. The molecular weight excluding hydrogens is 455 g/mol. The van der Waals surface area contributed by atoms with E-state index in [1.54, 1.807) is 7.05 Å². The van der Waals surface area contributed by atoms with Crippen LogP contribution in [0.3, 0.4) is 0 Å². The van der Waals surface area contributed by atoms with Crippen LogP contribution in [0, 0.1) is 0 Å². The molecule has 172 valence electrons. The van der Waals surface area contributed by atoms with Gasteiger partial charge in [-0.05, 0) is 31.7 Å². The molecule has 1 N–H and O–H groups in total. The molecule has 12 heteroatoms. The lowest BCUT2D eigenvalue weighted by molar-refractivity contribution is 0.222. The van der Waals surface area contributed by atoms with Crippen molar-refractivity contribution in [2.75, 3.05) is 33.2 Å². The Balaban J connectivity index is 1.84. The van der Waals surface area contributed by atoms with Gasteiger partial charge in [-0.3, -0.25) is 9.48 Å². The molecule has 0 aliphatic carbocycles. The number of halogens is 1. The van der Waals surface area contributed by atoms with Gasteiger partial charge in [0.05, 0.1) is 27.6 Å². The number of hydrogen-bond acceptors (Lipinski definition) is 7. The quantitative estimate of drug-likeness (QED) is 0.577. The van der Waals surface area contributed by atoms with Crippen molar-refractivity contribution in [3.8, 4) is 11.4 Å². The maximum absolute atomic E-state index is 13.7. The zero-order valence-electron chi connectivity index (χ0n) is 18.1. The van der Waals surface area contributed by atoms with Crippen LogP contribution in [0.4, 0.5) is 3.89 Å². The zero-order valence-corrected chi connectivity index (χ0v) is 19.8. The molecule has 0 radical (unpaired) electrons. The Labute approximate surface area is 190 Å². The Morgan fingerprint density at radius 1 is 1.19 bits per heavy atom. The number of likely N-dealkylation sites (N-methyl/N-ethyl adjacent to an activating group) is 1. The molecule has 1 aromatic carbocycles. The van der Waals surface area contributed by atoms with Crippen molar-refractivity contribution < 1.29 is 12.3 Å². The second-order valence-electron chi connectivity index (χ2n) is 7.87. The predicted molar refractivity (Wildman–Crippen MR) is 122 cm³/mol. The number of aromatic amines is 1. The number of sulfonamides is 1. The molecule has 0 saturated carbocycles. The van der Waals surface area contributed by atoms with Crippen LogP contribution in [0.15, 0.2) is 32.8 Å². The second kappa shape index (κ2) is 8.93. The highest BCUT2D eigenvalue weighted by Crippen LogP contribution is 2.33. The lowest BCUT2D eigenvalue weighted by Gasteiger charge is -2.31. The predicted octanol–water partition coefficient (Wildman–Crippen LogP) is 2.19. The van der Waals surface area contributed by atoms with E-state index in [1.807, 2.05) is 14.0 Å². The molecule has 0 amide bonds. The van der Waals surface area contributed by atoms with E-state index in [9.17, 15) is 17.1 Å². The van der Waals surface area contributed by atoms with Gasteiger partial charge in [-0.15, -0.1) is 0 Å². The fraction of sp³-hybridized carbons (Fsp3) is 0.450. The number of piperazine rings is 1. The van der Waals surface area contributed by atoms with E-state index in [1.165, 1.54) is 27.2 Å². The van der Waals surface area contributed by atoms with Gasteiger partial charge in [-0.25, -0.2) is 13.4 Å². The minimum absolute atomic E-state index is 0.0216. The van der Waals surface area contributed by atoms with Crippen LogP contribution in [0.1, 0.15) is 19.0 Å². The van der Waals surface area contributed by atoms with Crippen molar-refractivity contribution in [1.82, 2.24) is 29.0 Å². The average Bonchev–Trinajstić information content (AvgIpc) is 3.09. The molecule has 0 atom stereocenters. The molecule has 1 aliphatic heterocycles. The van der Waals surface area contributed by atoms with Crippen molar-refractivity contribution in [3.05, 3.63) is 34.2 Å². The molecular formula is C20H25FN6O3S2. The average molecular weight is 481 g/mol. The van der Waals surface area contributed by atoms with Gasteiger partial charge in [-0.1, -0.05) is 13.3 Å². The Kier molecular flexibility index (Phi) is 6.39. The van der Waals surface area contributed by atoms with Crippen LogP contribution >= 0.6 is 12.1 Å². The maximum atomic E-state index is 13.7. The minimum Gasteiger partial charge on any atom is -0.305 e. The van der Waals surface area contributed by atoms with E-state index in [4.69, 9.17) is 0 Å². The molecule has 1 aliphatic rings. The van der Waals surface area contributed by atoms with Gasteiger partial charge in [0.2, 0.25) is 10.0 Å². The summed E-state index contributed by atoms with van der Waals surface area (Å²) in [5.41, 5.74) is 1.25. The van der Waals surface area contributed by atoms with E-state index >= 15 is 0 Å². The number of benzene rings is 1. The van der Waals surface area contributed by atoms with Crippen molar-refractivity contribution in [3.63, 3.8) is 0 Å². The number of aromatic nitrogens is 4. The molecule has 1 saturated heterocycles. The van der Waals surface area contributed by atoms with E-state index in [0.717, 1.165) is 6.42 Å². The first-order chi connectivity index (χ1) is 15.3. The summed E-state index contributed by atoms with van der Waals surface area (Å²) >= 11 is -0.0216. The molecule has 3 heterocycles. The SMILES string of the molecule is CCCc1nn(C)c2c(=O)[nH]c(-c3cc(S(=O)(=O)N4CCN(C)CC4)ccc3SF)nc12. The second-order valence-corrected chi connectivity index (χ2v) is 10.4. The van der Waals surface area contributed by atoms with Crippen molar-refractivity contribution >= 4 is 33.2 Å². The lowest BCUT2D eigenvalue weighted by Crippen LogP contribution is -2.47. The van der Waals surface area contributed by atoms with E-state index in [0.29, 0.717) is 49.3 Å². The zero-order chi connectivity index (χ0) is 23.0. The van der Waals surface area contributed by atoms with Crippen molar-refractivity contribution in [2.45, 2.75) is 29.6 Å². The molecule has 0 unspecified atom stereocenters. The van der Waals surface area contributed by atoms with Gasteiger partial charge in [0.15, 0.2) is 5.52 Å². The van der Waals surface area contributed by atoms with Crippen molar-refractivity contribution in [2.24, 2.45) is 7.05 Å². The lowest BCUT2D eigenvalue weighted by atomic mass is 10.2. The van der Waals surface area contributed by atoms with Gasteiger partial charge in [0, 0.05) is 38.8 Å².